The summed E-state index contributed by atoms with van der Waals surface area (Å²) >= 11 is 0. The Morgan fingerprint density at radius 1 is 1.05 bits per heavy atom. The van der Waals surface area contributed by atoms with Crippen molar-refractivity contribution in [2.45, 2.75) is 19.3 Å². The van der Waals surface area contributed by atoms with Gasteiger partial charge in [0.15, 0.2) is 11.5 Å². The molecule has 1 unspecified atom stereocenters. The van der Waals surface area contributed by atoms with Gasteiger partial charge in [-0.2, -0.15) is 0 Å². The highest BCUT2D eigenvalue weighted by Crippen LogP contribution is 2.33. The van der Waals surface area contributed by atoms with Crippen LogP contribution in [0, 0.1) is 6.92 Å². The van der Waals surface area contributed by atoms with Gasteiger partial charge in [-0.15, -0.1) is 0 Å². The first-order chi connectivity index (χ1) is 9.76. The number of hydrogen-bond acceptors (Lipinski definition) is 3. The van der Waals surface area contributed by atoms with Crippen molar-refractivity contribution in [1.29, 1.82) is 0 Å². The van der Waals surface area contributed by atoms with Gasteiger partial charge in [0, 0.05) is 5.92 Å². The Kier molecular flexibility index (Phi) is 3.61. The standard InChI is InChI=1S/C17H19NO2/c1-12-2-5-14(6-3-12)15(10-18)8-13-4-7-16-17(9-13)20-11-19-16/h2-7,9,15H,8,10-11,18H2,1H3. The highest BCUT2D eigenvalue weighted by atomic mass is 16.7. The molecule has 0 fully saturated rings. The molecule has 0 spiro atoms. The number of hydrogen-bond donors (Lipinski definition) is 1. The fraction of sp³-hybridized carbons (Fsp3) is 0.294. The molecular weight excluding hydrogens is 250 g/mol. The number of aryl methyl sites for hydroxylation is 1. The minimum Gasteiger partial charge on any atom is -0.454 e. The highest BCUT2D eigenvalue weighted by molar-refractivity contribution is 5.45. The van der Waals surface area contributed by atoms with Gasteiger partial charge in [0.25, 0.3) is 0 Å². The van der Waals surface area contributed by atoms with Crippen LogP contribution in [0.5, 0.6) is 11.5 Å². The molecule has 3 heteroatoms. The Morgan fingerprint density at radius 2 is 1.80 bits per heavy atom. The maximum atomic E-state index is 5.95. The summed E-state index contributed by atoms with van der Waals surface area (Å²) in [5.41, 5.74) is 9.73. The first-order valence-electron chi connectivity index (χ1n) is 6.91. The van der Waals surface area contributed by atoms with Crippen LogP contribution in [0.15, 0.2) is 42.5 Å². The Balaban J connectivity index is 1.79. The van der Waals surface area contributed by atoms with Crippen molar-refractivity contribution < 1.29 is 9.47 Å². The maximum Gasteiger partial charge on any atom is 0.231 e. The Labute approximate surface area is 119 Å². The predicted octanol–water partition coefficient (Wildman–Crippen LogP) is 3.01. The normalized spacial score (nSPS) is 14.3. The van der Waals surface area contributed by atoms with Crippen molar-refractivity contribution in [1.82, 2.24) is 0 Å². The van der Waals surface area contributed by atoms with Gasteiger partial charge < -0.3 is 15.2 Å². The van der Waals surface area contributed by atoms with Gasteiger partial charge in [0.2, 0.25) is 6.79 Å². The van der Waals surface area contributed by atoms with Crippen molar-refractivity contribution >= 4 is 0 Å². The summed E-state index contributed by atoms with van der Waals surface area (Å²) in [6.07, 6.45) is 0.913. The Hall–Kier alpha value is -2.00. The van der Waals surface area contributed by atoms with Crippen LogP contribution in [0.25, 0.3) is 0 Å². The molecule has 20 heavy (non-hydrogen) atoms. The molecule has 0 amide bonds. The lowest BCUT2D eigenvalue weighted by molar-refractivity contribution is 0.174. The fourth-order valence-electron chi connectivity index (χ4n) is 2.53. The second-order valence-electron chi connectivity index (χ2n) is 5.24. The van der Waals surface area contributed by atoms with E-state index >= 15 is 0 Å². The lowest BCUT2D eigenvalue weighted by Gasteiger charge is -2.16. The van der Waals surface area contributed by atoms with Crippen LogP contribution in [0.3, 0.4) is 0 Å². The van der Waals surface area contributed by atoms with E-state index in [0.717, 1.165) is 17.9 Å². The van der Waals surface area contributed by atoms with Crippen molar-refractivity contribution in [3.05, 3.63) is 59.2 Å². The molecule has 1 aliphatic rings. The molecule has 1 heterocycles. The average Bonchev–Trinajstić information content (AvgIpc) is 2.93. The summed E-state index contributed by atoms with van der Waals surface area (Å²) in [6, 6.07) is 14.7. The summed E-state index contributed by atoms with van der Waals surface area (Å²) < 4.78 is 10.8. The zero-order valence-corrected chi connectivity index (χ0v) is 11.6. The van der Waals surface area contributed by atoms with E-state index in [-0.39, 0.29) is 0 Å². The van der Waals surface area contributed by atoms with Crippen molar-refractivity contribution in [3.8, 4) is 11.5 Å². The van der Waals surface area contributed by atoms with Crippen LogP contribution in [-0.2, 0) is 6.42 Å². The molecule has 3 rings (SSSR count). The van der Waals surface area contributed by atoms with E-state index in [9.17, 15) is 0 Å². The van der Waals surface area contributed by atoms with Gasteiger partial charge in [0.1, 0.15) is 0 Å². The SMILES string of the molecule is Cc1ccc(C(CN)Cc2ccc3c(c2)OCO3)cc1. The molecule has 0 saturated carbocycles. The molecule has 0 radical (unpaired) electrons. The van der Waals surface area contributed by atoms with Crippen LogP contribution in [0.4, 0.5) is 0 Å². The first-order valence-corrected chi connectivity index (χ1v) is 6.91. The summed E-state index contributed by atoms with van der Waals surface area (Å²) in [5.74, 6) is 1.99. The minimum absolute atomic E-state index is 0.317. The molecule has 1 aliphatic heterocycles. The molecule has 0 aliphatic carbocycles. The molecule has 2 aromatic carbocycles. The van der Waals surface area contributed by atoms with E-state index < -0.39 is 0 Å². The van der Waals surface area contributed by atoms with E-state index in [1.807, 2.05) is 6.07 Å². The van der Waals surface area contributed by atoms with Crippen molar-refractivity contribution in [3.63, 3.8) is 0 Å². The summed E-state index contributed by atoms with van der Waals surface area (Å²) in [7, 11) is 0. The molecule has 0 saturated heterocycles. The monoisotopic (exact) mass is 269 g/mol. The number of ether oxygens (including phenoxy) is 2. The van der Waals surface area contributed by atoms with Crippen molar-refractivity contribution in [2.75, 3.05) is 13.3 Å². The van der Waals surface area contributed by atoms with E-state index in [2.05, 4.69) is 43.3 Å². The lowest BCUT2D eigenvalue weighted by atomic mass is 9.91. The molecule has 2 N–H and O–H groups in total. The second kappa shape index (κ2) is 5.55. The smallest absolute Gasteiger partial charge is 0.231 e. The predicted molar refractivity (Wildman–Crippen MR) is 79.2 cm³/mol. The second-order valence-corrected chi connectivity index (χ2v) is 5.24. The zero-order valence-electron chi connectivity index (χ0n) is 11.6. The van der Waals surface area contributed by atoms with E-state index in [1.165, 1.54) is 16.7 Å². The number of benzene rings is 2. The third-order valence-electron chi connectivity index (χ3n) is 3.75. The molecule has 0 bridgehead atoms. The minimum atomic E-state index is 0.317. The molecule has 2 aromatic rings. The van der Waals surface area contributed by atoms with Crippen molar-refractivity contribution in [2.24, 2.45) is 5.73 Å². The Morgan fingerprint density at radius 3 is 2.55 bits per heavy atom. The lowest BCUT2D eigenvalue weighted by Crippen LogP contribution is -2.15. The Bertz CT molecular complexity index is 592. The summed E-state index contributed by atoms with van der Waals surface area (Å²) in [6.45, 7) is 3.05. The largest absolute Gasteiger partial charge is 0.454 e. The molecule has 104 valence electrons. The van der Waals surface area contributed by atoms with Crippen LogP contribution in [0.1, 0.15) is 22.6 Å². The van der Waals surface area contributed by atoms with E-state index in [4.69, 9.17) is 15.2 Å². The van der Waals surface area contributed by atoms with Gasteiger partial charge in [-0.25, -0.2) is 0 Å². The number of nitrogens with two attached hydrogens (primary N) is 1. The number of rotatable bonds is 4. The average molecular weight is 269 g/mol. The van der Waals surface area contributed by atoms with Gasteiger partial charge in [0.05, 0.1) is 0 Å². The molecule has 1 atom stereocenters. The zero-order chi connectivity index (χ0) is 13.9. The quantitative estimate of drug-likeness (QED) is 0.928. The molecular formula is C17H19NO2. The van der Waals surface area contributed by atoms with Crippen LogP contribution >= 0.6 is 0 Å². The third kappa shape index (κ3) is 2.63. The summed E-state index contributed by atoms with van der Waals surface area (Å²) in [4.78, 5) is 0. The summed E-state index contributed by atoms with van der Waals surface area (Å²) in [5, 5.41) is 0. The fourth-order valence-corrected chi connectivity index (χ4v) is 2.53. The van der Waals surface area contributed by atoms with Gasteiger partial charge in [-0.05, 0) is 43.1 Å². The van der Waals surface area contributed by atoms with Crippen LogP contribution < -0.4 is 15.2 Å². The van der Waals surface area contributed by atoms with Gasteiger partial charge in [-0.1, -0.05) is 35.9 Å². The van der Waals surface area contributed by atoms with E-state index in [0.29, 0.717) is 19.3 Å². The maximum absolute atomic E-state index is 5.95. The molecule has 0 aromatic heterocycles. The molecule has 3 nitrogen and oxygen atoms in total. The highest BCUT2D eigenvalue weighted by Gasteiger charge is 2.16. The van der Waals surface area contributed by atoms with Gasteiger partial charge >= 0.3 is 0 Å². The number of fused-ring (bicyclic) bond motifs is 1. The van der Waals surface area contributed by atoms with Crippen LogP contribution in [0.2, 0.25) is 0 Å². The first kappa shape index (κ1) is 13.0. The topological polar surface area (TPSA) is 44.5 Å². The third-order valence-corrected chi connectivity index (χ3v) is 3.75. The van der Waals surface area contributed by atoms with Crippen LogP contribution in [-0.4, -0.2) is 13.3 Å². The van der Waals surface area contributed by atoms with E-state index in [1.54, 1.807) is 0 Å². The van der Waals surface area contributed by atoms with Gasteiger partial charge in [-0.3, -0.25) is 0 Å².